The van der Waals surface area contributed by atoms with Crippen molar-refractivity contribution in [2.45, 2.75) is 13.1 Å². The second kappa shape index (κ2) is 9.32. The molecule has 0 radical (unpaired) electrons. The Labute approximate surface area is 162 Å². The van der Waals surface area contributed by atoms with E-state index in [1.54, 1.807) is 36.4 Å². The maximum absolute atomic E-state index is 12.9. The average molecular weight is 377 g/mol. The van der Waals surface area contributed by atoms with Gasteiger partial charge in [0.1, 0.15) is 5.82 Å². The highest BCUT2D eigenvalue weighted by Crippen LogP contribution is 2.10. The molecule has 3 amide bonds. The number of hydrogen-bond acceptors (Lipinski definition) is 2. The summed E-state index contributed by atoms with van der Waals surface area (Å²) in [6, 6.07) is 21.8. The molecule has 0 aliphatic heterocycles. The second-order valence-electron chi connectivity index (χ2n) is 6.18. The highest BCUT2D eigenvalue weighted by atomic mass is 19.1. The van der Waals surface area contributed by atoms with Crippen molar-refractivity contribution < 1.29 is 14.0 Å². The van der Waals surface area contributed by atoms with Crippen LogP contribution < -0.4 is 16.0 Å². The molecule has 0 bridgehead atoms. The molecule has 3 aromatic rings. The van der Waals surface area contributed by atoms with Gasteiger partial charge >= 0.3 is 6.03 Å². The molecule has 0 atom stereocenters. The first kappa shape index (κ1) is 19.1. The summed E-state index contributed by atoms with van der Waals surface area (Å²) in [6.07, 6.45) is 0. The van der Waals surface area contributed by atoms with Crippen molar-refractivity contribution in [3.63, 3.8) is 0 Å². The molecule has 142 valence electrons. The van der Waals surface area contributed by atoms with Gasteiger partial charge in [-0.1, -0.05) is 42.5 Å². The third-order valence-corrected chi connectivity index (χ3v) is 4.07. The van der Waals surface area contributed by atoms with Gasteiger partial charge in [-0.3, -0.25) is 4.79 Å². The van der Waals surface area contributed by atoms with Crippen LogP contribution in [0.4, 0.5) is 14.9 Å². The topological polar surface area (TPSA) is 70.2 Å². The van der Waals surface area contributed by atoms with Gasteiger partial charge in [-0.25, -0.2) is 9.18 Å². The van der Waals surface area contributed by atoms with Crippen molar-refractivity contribution in [3.05, 3.63) is 101 Å². The molecule has 3 aromatic carbocycles. The fraction of sp³-hybridized carbons (Fsp3) is 0.0909. The first-order valence-corrected chi connectivity index (χ1v) is 8.81. The number of benzene rings is 3. The normalized spacial score (nSPS) is 10.2. The zero-order chi connectivity index (χ0) is 19.8. The predicted octanol–water partition coefficient (Wildman–Crippen LogP) is 4.08. The summed E-state index contributed by atoms with van der Waals surface area (Å²) >= 11 is 0. The molecule has 0 heterocycles. The lowest BCUT2D eigenvalue weighted by molar-refractivity contribution is 0.0951. The number of amides is 3. The van der Waals surface area contributed by atoms with Crippen molar-refractivity contribution >= 4 is 17.6 Å². The van der Waals surface area contributed by atoms with Crippen LogP contribution in [-0.4, -0.2) is 11.9 Å². The number of carbonyl (C=O) groups excluding carboxylic acids is 2. The Bertz CT molecular complexity index is 926. The van der Waals surface area contributed by atoms with Crippen molar-refractivity contribution in [3.8, 4) is 0 Å². The molecule has 0 aliphatic carbocycles. The Kier molecular flexibility index (Phi) is 6.36. The minimum absolute atomic E-state index is 0.136. The van der Waals surface area contributed by atoms with Crippen molar-refractivity contribution in [2.24, 2.45) is 0 Å². The zero-order valence-electron chi connectivity index (χ0n) is 15.1. The van der Waals surface area contributed by atoms with E-state index in [0.717, 1.165) is 11.1 Å². The summed E-state index contributed by atoms with van der Waals surface area (Å²) in [5, 5.41) is 8.29. The van der Waals surface area contributed by atoms with E-state index in [9.17, 15) is 14.0 Å². The molecule has 0 aliphatic rings. The Balaban J connectivity index is 1.45. The molecule has 3 rings (SSSR count). The molecule has 0 fully saturated rings. The molecule has 0 spiro atoms. The van der Waals surface area contributed by atoms with Crippen LogP contribution in [0.5, 0.6) is 0 Å². The Hall–Kier alpha value is -3.67. The number of anilines is 1. The third kappa shape index (κ3) is 5.67. The Morgan fingerprint density at radius 3 is 1.93 bits per heavy atom. The van der Waals surface area contributed by atoms with E-state index in [1.165, 1.54) is 12.1 Å². The van der Waals surface area contributed by atoms with Gasteiger partial charge in [0.05, 0.1) is 0 Å². The number of rotatable bonds is 6. The van der Waals surface area contributed by atoms with Gasteiger partial charge in [0, 0.05) is 24.3 Å². The van der Waals surface area contributed by atoms with Crippen molar-refractivity contribution in [1.82, 2.24) is 10.6 Å². The average Bonchev–Trinajstić information content (AvgIpc) is 2.73. The number of nitrogens with one attached hydrogen (secondary N) is 3. The van der Waals surface area contributed by atoms with Gasteiger partial charge in [0.2, 0.25) is 0 Å². The number of halogens is 1. The molecular formula is C22H20FN3O2. The van der Waals surface area contributed by atoms with E-state index >= 15 is 0 Å². The summed E-state index contributed by atoms with van der Waals surface area (Å²) < 4.78 is 12.9. The first-order chi connectivity index (χ1) is 13.6. The minimum Gasteiger partial charge on any atom is -0.348 e. The summed E-state index contributed by atoms with van der Waals surface area (Å²) in [6.45, 7) is 0.695. The number of carbonyl (C=O) groups is 2. The number of hydrogen-bond donors (Lipinski definition) is 3. The monoisotopic (exact) mass is 377 g/mol. The van der Waals surface area contributed by atoms with Crippen LogP contribution in [0.25, 0.3) is 0 Å². The lowest BCUT2D eigenvalue weighted by atomic mass is 10.2. The quantitative estimate of drug-likeness (QED) is 0.606. The van der Waals surface area contributed by atoms with Crippen LogP contribution in [-0.2, 0) is 13.1 Å². The maximum atomic E-state index is 12.9. The number of urea groups is 1. The van der Waals surface area contributed by atoms with E-state index in [4.69, 9.17) is 0 Å². The Morgan fingerprint density at radius 2 is 1.29 bits per heavy atom. The smallest absolute Gasteiger partial charge is 0.319 e. The Morgan fingerprint density at radius 1 is 0.714 bits per heavy atom. The summed E-state index contributed by atoms with van der Waals surface area (Å²) in [4.78, 5) is 24.0. The third-order valence-electron chi connectivity index (χ3n) is 4.07. The maximum Gasteiger partial charge on any atom is 0.319 e. The van der Waals surface area contributed by atoms with E-state index < -0.39 is 0 Å². The van der Waals surface area contributed by atoms with Gasteiger partial charge in [0.25, 0.3) is 5.91 Å². The van der Waals surface area contributed by atoms with Crippen LogP contribution in [0, 0.1) is 5.82 Å². The van der Waals surface area contributed by atoms with Crippen molar-refractivity contribution in [1.29, 1.82) is 0 Å². The predicted molar refractivity (Wildman–Crippen MR) is 106 cm³/mol. The van der Waals surface area contributed by atoms with Gasteiger partial charge in [-0.2, -0.15) is 0 Å². The van der Waals surface area contributed by atoms with E-state index in [0.29, 0.717) is 24.3 Å². The van der Waals surface area contributed by atoms with Crippen LogP contribution in [0.2, 0.25) is 0 Å². The van der Waals surface area contributed by atoms with E-state index in [-0.39, 0.29) is 17.8 Å². The molecule has 0 unspecified atom stereocenters. The fourth-order valence-electron chi connectivity index (χ4n) is 2.54. The highest BCUT2D eigenvalue weighted by Gasteiger charge is 2.05. The SMILES string of the molecule is O=C(NCc1ccc(F)cc1)Nc1ccc(CNC(=O)c2ccccc2)cc1. The zero-order valence-corrected chi connectivity index (χ0v) is 15.1. The molecule has 6 heteroatoms. The lowest BCUT2D eigenvalue weighted by Gasteiger charge is -2.09. The first-order valence-electron chi connectivity index (χ1n) is 8.81. The molecular weight excluding hydrogens is 357 g/mol. The summed E-state index contributed by atoms with van der Waals surface area (Å²) in [5.41, 5.74) is 2.97. The van der Waals surface area contributed by atoms with Crippen LogP contribution in [0.15, 0.2) is 78.9 Å². The van der Waals surface area contributed by atoms with Crippen molar-refractivity contribution in [2.75, 3.05) is 5.32 Å². The molecule has 0 aromatic heterocycles. The molecule has 28 heavy (non-hydrogen) atoms. The molecule has 5 nitrogen and oxygen atoms in total. The minimum atomic E-state index is -0.352. The van der Waals surface area contributed by atoms with Gasteiger partial charge < -0.3 is 16.0 Å². The van der Waals surface area contributed by atoms with Gasteiger partial charge in [0.15, 0.2) is 0 Å². The largest absolute Gasteiger partial charge is 0.348 e. The molecule has 0 saturated heterocycles. The lowest BCUT2D eigenvalue weighted by Crippen LogP contribution is -2.28. The van der Waals surface area contributed by atoms with Gasteiger partial charge in [-0.15, -0.1) is 0 Å². The molecule has 0 saturated carbocycles. The van der Waals surface area contributed by atoms with E-state index in [1.807, 2.05) is 30.3 Å². The highest BCUT2D eigenvalue weighted by molar-refractivity contribution is 5.94. The van der Waals surface area contributed by atoms with Crippen LogP contribution >= 0.6 is 0 Å². The summed E-state index contributed by atoms with van der Waals surface area (Å²) in [7, 11) is 0. The van der Waals surface area contributed by atoms with E-state index in [2.05, 4.69) is 16.0 Å². The standard InChI is InChI=1S/C22H20FN3O2/c23-19-10-6-16(7-11-19)15-25-22(28)26-20-12-8-17(9-13-20)14-24-21(27)18-4-2-1-3-5-18/h1-13H,14-15H2,(H,24,27)(H2,25,26,28). The van der Waals surface area contributed by atoms with Crippen LogP contribution in [0.1, 0.15) is 21.5 Å². The molecule has 3 N–H and O–H groups in total. The van der Waals surface area contributed by atoms with Crippen LogP contribution in [0.3, 0.4) is 0 Å². The second-order valence-corrected chi connectivity index (χ2v) is 6.18. The fourth-order valence-corrected chi connectivity index (χ4v) is 2.54. The summed E-state index contributed by atoms with van der Waals surface area (Å²) in [5.74, 6) is -0.448. The van der Waals surface area contributed by atoms with Gasteiger partial charge in [-0.05, 0) is 47.5 Å².